The molecule has 1 heterocycles. The third kappa shape index (κ3) is 3.36. The van der Waals surface area contributed by atoms with Gasteiger partial charge in [0.25, 0.3) is 0 Å². The molecule has 0 spiro atoms. The third-order valence-corrected chi connectivity index (χ3v) is 3.93. The monoisotopic (exact) mass is 299 g/mol. The van der Waals surface area contributed by atoms with E-state index in [4.69, 9.17) is 10.2 Å². The number of aromatic nitrogens is 4. The van der Waals surface area contributed by atoms with E-state index in [1.165, 1.54) is 12.1 Å². The van der Waals surface area contributed by atoms with E-state index in [0.717, 1.165) is 0 Å². The van der Waals surface area contributed by atoms with Crippen molar-refractivity contribution in [3.63, 3.8) is 0 Å². The highest BCUT2D eigenvalue weighted by molar-refractivity contribution is 7.89. The van der Waals surface area contributed by atoms with Crippen LogP contribution in [0, 0.1) is 0 Å². The molecule has 0 aliphatic rings. The summed E-state index contributed by atoms with van der Waals surface area (Å²) in [4.78, 5) is 0.0369. The number of hydrogen-bond donors (Lipinski definition) is 4. The van der Waals surface area contributed by atoms with Crippen LogP contribution in [-0.4, -0.2) is 58.5 Å². The highest BCUT2D eigenvalue weighted by Crippen LogP contribution is 2.16. The van der Waals surface area contributed by atoms with Gasteiger partial charge in [-0.05, 0) is 29.5 Å². The molecule has 0 bridgehead atoms. The SMILES string of the molecule is O=S(=O)(NCC(O)CO)c1ccc(-c2nn[nH]n2)cc1. The van der Waals surface area contributed by atoms with Gasteiger partial charge in [0.15, 0.2) is 0 Å². The fourth-order valence-corrected chi connectivity index (χ4v) is 2.49. The van der Waals surface area contributed by atoms with Gasteiger partial charge in [-0.1, -0.05) is 0 Å². The Bertz CT molecular complexity index is 641. The first-order chi connectivity index (χ1) is 9.53. The summed E-state index contributed by atoms with van der Waals surface area (Å²) in [5, 5.41) is 31.0. The van der Waals surface area contributed by atoms with E-state index in [9.17, 15) is 8.42 Å². The summed E-state index contributed by atoms with van der Waals surface area (Å²) in [5.41, 5.74) is 0.619. The maximum atomic E-state index is 11.9. The number of nitrogens with one attached hydrogen (secondary N) is 2. The van der Waals surface area contributed by atoms with Crippen molar-refractivity contribution in [2.45, 2.75) is 11.0 Å². The van der Waals surface area contributed by atoms with Crippen molar-refractivity contribution in [3.8, 4) is 11.4 Å². The normalized spacial score (nSPS) is 13.3. The molecule has 108 valence electrons. The summed E-state index contributed by atoms with van der Waals surface area (Å²) in [6, 6.07) is 5.86. The molecule has 0 amide bonds. The molecule has 1 atom stereocenters. The van der Waals surface area contributed by atoms with Crippen LogP contribution < -0.4 is 4.72 Å². The zero-order chi connectivity index (χ0) is 14.6. The molecule has 9 nitrogen and oxygen atoms in total. The predicted octanol–water partition coefficient (Wildman–Crippen LogP) is -1.50. The molecule has 0 saturated heterocycles. The van der Waals surface area contributed by atoms with Crippen LogP contribution in [0.4, 0.5) is 0 Å². The topological polar surface area (TPSA) is 141 Å². The van der Waals surface area contributed by atoms with E-state index in [2.05, 4.69) is 25.3 Å². The highest BCUT2D eigenvalue weighted by Gasteiger charge is 2.16. The Labute approximate surface area is 114 Å². The molecule has 0 saturated carbocycles. The Kier molecular flexibility index (Phi) is 4.39. The Morgan fingerprint density at radius 3 is 2.55 bits per heavy atom. The number of aromatic amines is 1. The van der Waals surface area contributed by atoms with Gasteiger partial charge >= 0.3 is 0 Å². The van der Waals surface area contributed by atoms with Crippen molar-refractivity contribution >= 4 is 10.0 Å². The minimum absolute atomic E-state index is 0.0369. The van der Waals surface area contributed by atoms with E-state index in [1.54, 1.807) is 12.1 Å². The molecular formula is C10H13N5O4S. The van der Waals surface area contributed by atoms with E-state index < -0.39 is 22.7 Å². The molecule has 0 fully saturated rings. The number of aliphatic hydroxyl groups excluding tert-OH is 2. The molecule has 0 aliphatic heterocycles. The maximum Gasteiger partial charge on any atom is 0.240 e. The lowest BCUT2D eigenvalue weighted by Crippen LogP contribution is -2.33. The van der Waals surface area contributed by atoms with Crippen molar-refractivity contribution in [1.29, 1.82) is 0 Å². The minimum atomic E-state index is -3.74. The van der Waals surface area contributed by atoms with E-state index in [1.807, 2.05) is 0 Å². The number of hydrogen-bond acceptors (Lipinski definition) is 7. The zero-order valence-corrected chi connectivity index (χ0v) is 11.1. The van der Waals surface area contributed by atoms with Gasteiger partial charge < -0.3 is 10.2 Å². The first-order valence-corrected chi connectivity index (χ1v) is 7.14. The minimum Gasteiger partial charge on any atom is -0.394 e. The standard InChI is InChI=1S/C10H13N5O4S/c16-6-8(17)5-11-20(18,19)9-3-1-7(2-4-9)10-12-14-15-13-10/h1-4,8,11,16-17H,5-6H2,(H,12,13,14,15). The number of tetrazole rings is 1. The largest absolute Gasteiger partial charge is 0.394 e. The smallest absolute Gasteiger partial charge is 0.240 e. The quantitative estimate of drug-likeness (QED) is 0.508. The van der Waals surface area contributed by atoms with Gasteiger partial charge in [-0.2, -0.15) is 5.21 Å². The fourth-order valence-electron chi connectivity index (χ4n) is 1.42. The Hall–Kier alpha value is -1.88. The second-order valence-corrected chi connectivity index (χ2v) is 5.72. The molecule has 0 radical (unpaired) electrons. The average Bonchev–Trinajstić information content (AvgIpc) is 2.99. The van der Waals surface area contributed by atoms with Crippen LogP contribution in [0.25, 0.3) is 11.4 Å². The molecular weight excluding hydrogens is 286 g/mol. The fraction of sp³-hybridized carbons (Fsp3) is 0.300. The van der Waals surface area contributed by atoms with Crippen molar-refractivity contribution in [2.24, 2.45) is 0 Å². The average molecular weight is 299 g/mol. The number of H-pyrrole nitrogens is 1. The van der Waals surface area contributed by atoms with E-state index >= 15 is 0 Å². The number of sulfonamides is 1. The lowest BCUT2D eigenvalue weighted by molar-refractivity contribution is 0.0988. The van der Waals surface area contributed by atoms with Crippen LogP contribution in [0.1, 0.15) is 0 Å². The van der Waals surface area contributed by atoms with Crippen molar-refractivity contribution in [2.75, 3.05) is 13.2 Å². The molecule has 10 heteroatoms. The van der Waals surface area contributed by atoms with Crippen LogP contribution in [-0.2, 0) is 10.0 Å². The molecule has 4 N–H and O–H groups in total. The second-order valence-electron chi connectivity index (χ2n) is 3.95. The molecule has 1 unspecified atom stereocenters. The number of aliphatic hydroxyl groups is 2. The number of benzene rings is 1. The van der Waals surface area contributed by atoms with E-state index in [0.29, 0.717) is 11.4 Å². The van der Waals surface area contributed by atoms with Gasteiger partial charge in [0.1, 0.15) is 0 Å². The summed E-state index contributed by atoms with van der Waals surface area (Å²) >= 11 is 0. The number of rotatable bonds is 6. The van der Waals surface area contributed by atoms with E-state index in [-0.39, 0.29) is 11.4 Å². The Morgan fingerprint density at radius 2 is 2.00 bits per heavy atom. The molecule has 1 aromatic heterocycles. The lowest BCUT2D eigenvalue weighted by Gasteiger charge is -2.10. The van der Waals surface area contributed by atoms with Gasteiger partial charge in [-0.3, -0.25) is 0 Å². The Balaban J connectivity index is 2.13. The highest BCUT2D eigenvalue weighted by atomic mass is 32.2. The van der Waals surface area contributed by atoms with Gasteiger partial charge in [-0.25, -0.2) is 13.1 Å². The van der Waals surface area contributed by atoms with Crippen molar-refractivity contribution in [1.82, 2.24) is 25.3 Å². The lowest BCUT2D eigenvalue weighted by atomic mass is 10.2. The molecule has 1 aromatic carbocycles. The summed E-state index contributed by atoms with van der Waals surface area (Å²) in [6.45, 7) is -0.773. The Morgan fingerprint density at radius 1 is 1.30 bits per heavy atom. The van der Waals surface area contributed by atoms with Crippen LogP contribution in [0.3, 0.4) is 0 Å². The first-order valence-electron chi connectivity index (χ1n) is 5.65. The van der Waals surface area contributed by atoms with Crippen LogP contribution in [0.15, 0.2) is 29.2 Å². The molecule has 2 aromatic rings. The van der Waals surface area contributed by atoms with Crippen molar-refractivity contribution in [3.05, 3.63) is 24.3 Å². The van der Waals surface area contributed by atoms with Gasteiger partial charge in [-0.15, -0.1) is 10.2 Å². The first kappa shape index (κ1) is 14.5. The summed E-state index contributed by atoms with van der Waals surface area (Å²) in [6.07, 6.45) is -1.14. The van der Waals surface area contributed by atoms with Crippen LogP contribution in [0.2, 0.25) is 0 Å². The molecule has 0 aliphatic carbocycles. The third-order valence-electron chi connectivity index (χ3n) is 2.49. The predicted molar refractivity (Wildman–Crippen MR) is 67.9 cm³/mol. The van der Waals surface area contributed by atoms with Gasteiger partial charge in [0.05, 0.1) is 17.6 Å². The second kappa shape index (κ2) is 6.05. The van der Waals surface area contributed by atoms with Gasteiger partial charge in [0.2, 0.25) is 15.8 Å². The molecule has 20 heavy (non-hydrogen) atoms. The van der Waals surface area contributed by atoms with Crippen LogP contribution >= 0.6 is 0 Å². The zero-order valence-electron chi connectivity index (χ0n) is 10.3. The summed E-state index contributed by atoms with van der Waals surface area (Å²) < 4.78 is 26.0. The number of nitrogens with zero attached hydrogens (tertiary/aromatic N) is 3. The van der Waals surface area contributed by atoms with Gasteiger partial charge in [0, 0.05) is 12.1 Å². The van der Waals surface area contributed by atoms with Crippen molar-refractivity contribution < 1.29 is 18.6 Å². The molecule has 2 rings (SSSR count). The maximum absolute atomic E-state index is 11.9. The summed E-state index contributed by atoms with van der Waals surface area (Å²) in [5.74, 6) is 0.359. The van der Waals surface area contributed by atoms with Crippen LogP contribution in [0.5, 0.6) is 0 Å². The summed E-state index contributed by atoms with van der Waals surface area (Å²) in [7, 11) is -3.74.